The molecule has 15 heavy (non-hydrogen) atoms. The van der Waals surface area contributed by atoms with Crippen LogP contribution >= 0.6 is 12.4 Å². The number of rotatable bonds is 3. The fraction of sp³-hybridized carbons (Fsp3) is 0.400. The van der Waals surface area contributed by atoms with Gasteiger partial charge in [-0.25, -0.2) is 0 Å². The summed E-state index contributed by atoms with van der Waals surface area (Å²) >= 11 is 0. The molecule has 0 bridgehead atoms. The Morgan fingerprint density at radius 3 is 2.53 bits per heavy atom. The van der Waals surface area contributed by atoms with Crippen LogP contribution in [0.2, 0.25) is 0 Å². The van der Waals surface area contributed by atoms with Gasteiger partial charge in [-0.2, -0.15) is 0 Å². The molecule has 2 rings (SSSR count). The van der Waals surface area contributed by atoms with Gasteiger partial charge in [-0.15, -0.1) is 12.4 Å². The maximum Gasteiger partial charge on any atom is 0.274 e. The Morgan fingerprint density at radius 1 is 1.40 bits per heavy atom. The van der Waals surface area contributed by atoms with Crippen molar-refractivity contribution in [3.8, 4) is 0 Å². The predicted molar refractivity (Wildman–Crippen MR) is 60.0 cm³/mol. The van der Waals surface area contributed by atoms with E-state index < -0.39 is 0 Å². The first kappa shape index (κ1) is 11.9. The van der Waals surface area contributed by atoms with E-state index in [1.807, 2.05) is 0 Å². The molecule has 2 N–H and O–H groups in total. The third-order valence-electron chi connectivity index (χ3n) is 2.62. The molecular weight excluding hydrogens is 216 g/mol. The second-order valence-electron chi connectivity index (χ2n) is 3.68. The summed E-state index contributed by atoms with van der Waals surface area (Å²) in [5, 5.41) is 10.7. The zero-order valence-corrected chi connectivity index (χ0v) is 8.94. The summed E-state index contributed by atoms with van der Waals surface area (Å²) in [6.07, 6.45) is 2.18. The van der Waals surface area contributed by atoms with Crippen LogP contribution in [0.5, 0.6) is 0 Å². The van der Waals surface area contributed by atoms with Gasteiger partial charge in [-0.1, -0.05) is 18.2 Å². The van der Waals surface area contributed by atoms with Gasteiger partial charge >= 0.3 is 0 Å². The predicted octanol–water partition coefficient (Wildman–Crippen LogP) is 2.43. The number of benzene rings is 1. The Morgan fingerprint density at radius 2 is 2.00 bits per heavy atom. The fourth-order valence-corrected chi connectivity index (χ4v) is 1.64. The Hall–Kier alpha value is -1.13. The summed E-state index contributed by atoms with van der Waals surface area (Å²) in [5.41, 5.74) is 6.75. The van der Waals surface area contributed by atoms with Gasteiger partial charge in [0.15, 0.2) is 0 Å². The van der Waals surface area contributed by atoms with Gasteiger partial charge in [0.25, 0.3) is 5.69 Å². The monoisotopic (exact) mass is 228 g/mol. The second kappa shape index (κ2) is 4.59. The summed E-state index contributed by atoms with van der Waals surface area (Å²) in [7, 11) is 0. The topological polar surface area (TPSA) is 69.2 Å². The average molecular weight is 229 g/mol. The van der Waals surface area contributed by atoms with E-state index in [1.165, 1.54) is 6.07 Å². The summed E-state index contributed by atoms with van der Waals surface area (Å²) in [5.74, 6) is 0.441. The quantitative estimate of drug-likeness (QED) is 0.638. The Kier molecular flexibility index (Phi) is 3.66. The largest absolute Gasteiger partial charge is 0.324 e. The molecule has 1 aliphatic rings. The molecule has 0 amide bonds. The van der Waals surface area contributed by atoms with Crippen molar-refractivity contribution in [1.29, 1.82) is 0 Å². The van der Waals surface area contributed by atoms with Gasteiger partial charge in [-0.3, -0.25) is 10.1 Å². The maximum absolute atomic E-state index is 10.7. The molecule has 0 saturated heterocycles. The summed E-state index contributed by atoms with van der Waals surface area (Å²) in [6, 6.07) is 6.56. The molecule has 1 atom stereocenters. The van der Waals surface area contributed by atoms with Crippen molar-refractivity contribution in [3.63, 3.8) is 0 Å². The summed E-state index contributed by atoms with van der Waals surface area (Å²) < 4.78 is 0. The first-order chi connectivity index (χ1) is 6.70. The standard InChI is InChI=1S/C10H12N2O2.ClH/c11-10(7-5-6-7)8-3-1-2-4-9(8)12(13)14;/h1-4,7,10H,5-6,11H2;1H/t10-;/m0./s1. The van der Waals surface area contributed by atoms with Crippen LogP contribution in [0.1, 0.15) is 24.4 Å². The van der Waals surface area contributed by atoms with E-state index in [-0.39, 0.29) is 29.1 Å². The van der Waals surface area contributed by atoms with E-state index in [0.29, 0.717) is 11.5 Å². The van der Waals surface area contributed by atoms with Crippen LogP contribution in [0, 0.1) is 16.0 Å². The fourth-order valence-electron chi connectivity index (χ4n) is 1.64. The van der Waals surface area contributed by atoms with Crippen LogP contribution in [0.4, 0.5) is 5.69 Å². The lowest BCUT2D eigenvalue weighted by Gasteiger charge is -2.10. The van der Waals surface area contributed by atoms with Crippen LogP contribution < -0.4 is 5.73 Å². The van der Waals surface area contributed by atoms with Crippen molar-refractivity contribution in [2.75, 3.05) is 0 Å². The van der Waals surface area contributed by atoms with E-state index in [2.05, 4.69) is 0 Å². The number of nitro benzene ring substituents is 1. The lowest BCUT2D eigenvalue weighted by atomic mass is 10.0. The lowest BCUT2D eigenvalue weighted by Crippen LogP contribution is -2.14. The molecule has 1 fully saturated rings. The van der Waals surface area contributed by atoms with Gasteiger partial charge in [0.1, 0.15) is 0 Å². The third-order valence-corrected chi connectivity index (χ3v) is 2.62. The zero-order chi connectivity index (χ0) is 10.1. The minimum Gasteiger partial charge on any atom is -0.324 e. The normalized spacial score (nSPS) is 16.6. The van der Waals surface area contributed by atoms with Crippen LogP contribution in [0.15, 0.2) is 24.3 Å². The molecule has 4 nitrogen and oxygen atoms in total. The van der Waals surface area contributed by atoms with E-state index in [0.717, 1.165) is 12.8 Å². The molecule has 0 spiro atoms. The minimum absolute atomic E-state index is 0. The highest BCUT2D eigenvalue weighted by atomic mass is 35.5. The second-order valence-corrected chi connectivity index (χ2v) is 3.68. The highest BCUT2D eigenvalue weighted by Crippen LogP contribution is 2.41. The van der Waals surface area contributed by atoms with E-state index in [1.54, 1.807) is 18.2 Å². The van der Waals surface area contributed by atoms with Gasteiger partial charge in [0.2, 0.25) is 0 Å². The van der Waals surface area contributed by atoms with Crippen LogP contribution in [0.3, 0.4) is 0 Å². The minimum atomic E-state index is -0.364. The molecule has 0 radical (unpaired) electrons. The number of hydrogen-bond acceptors (Lipinski definition) is 3. The van der Waals surface area contributed by atoms with Crippen molar-refractivity contribution in [3.05, 3.63) is 39.9 Å². The Labute approximate surface area is 94.0 Å². The van der Waals surface area contributed by atoms with Crippen molar-refractivity contribution in [1.82, 2.24) is 0 Å². The van der Waals surface area contributed by atoms with Crippen molar-refractivity contribution >= 4 is 18.1 Å². The smallest absolute Gasteiger partial charge is 0.274 e. The molecule has 0 heterocycles. The van der Waals surface area contributed by atoms with Crippen molar-refractivity contribution < 1.29 is 4.92 Å². The van der Waals surface area contributed by atoms with Crippen molar-refractivity contribution in [2.45, 2.75) is 18.9 Å². The lowest BCUT2D eigenvalue weighted by molar-refractivity contribution is -0.385. The number of para-hydroxylation sites is 1. The summed E-state index contributed by atoms with van der Waals surface area (Å²) in [6.45, 7) is 0. The SMILES string of the molecule is Cl.N[C@H](c1ccccc1[N+](=O)[O-])C1CC1. The Bertz CT molecular complexity index is 366. The highest BCUT2D eigenvalue weighted by Gasteiger charge is 2.32. The number of nitrogens with zero attached hydrogens (tertiary/aromatic N) is 1. The average Bonchev–Trinajstić information content (AvgIpc) is 3.00. The van der Waals surface area contributed by atoms with E-state index >= 15 is 0 Å². The first-order valence-electron chi connectivity index (χ1n) is 4.69. The van der Waals surface area contributed by atoms with Crippen LogP contribution in [0.25, 0.3) is 0 Å². The first-order valence-corrected chi connectivity index (χ1v) is 4.69. The number of nitrogens with two attached hydrogens (primary N) is 1. The third kappa shape index (κ3) is 2.46. The molecule has 0 aliphatic heterocycles. The van der Waals surface area contributed by atoms with E-state index in [9.17, 15) is 10.1 Å². The molecule has 0 unspecified atom stereocenters. The Balaban J connectivity index is 0.00000112. The van der Waals surface area contributed by atoms with Gasteiger partial charge in [0, 0.05) is 17.7 Å². The van der Waals surface area contributed by atoms with Gasteiger partial charge < -0.3 is 5.73 Å². The molecule has 5 heteroatoms. The highest BCUT2D eigenvalue weighted by molar-refractivity contribution is 5.85. The van der Waals surface area contributed by atoms with Gasteiger partial charge in [0.05, 0.1) is 4.92 Å². The molecule has 1 saturated carbocycles. The van der Waals surface area contributed by atoms with Crippen LogP contribution in [-0.4, -0.2) is 4.92 Å². The van der Waals surface area contributed by atoms with Crippen molar-refractivity contribution in [2.24, 2.45) is 11.7 Å². The maximum atomic E-state index is 10.7. The molecule has 1 aromatic carbocycles. The molecule has 1 aliphatic carbocycles. The number of hydrogen-bond donors (Lipinski definition) is 1. The molecule has 0 aromatic heterocycles. The van der Waals surface area contributed by atoms with Gasteiger partial charge in [-0.05, 0) is 18.8 Å². The molecule has 82 valence electrons. The summed E-state index contributed by atoms with van der Waals surface area (Å²) in [4.78, 5) is 10.4. The zero-order valence-electron chi connectivity index (χ0n) is 8.13. The number of nitro groups is 1. The van der Waals surface area contributed by atoms with E-state index in [4.69, 9.17) is 5.73 Å². The molecule has 1 aromatic rings. The molecular formula is C10H13ClN2O2. The van der Waals surface area contributed by atoms with Crippen LogP contribution in [-0.2, 0) is 0 Å². The number of halogens is 1.